The van der Waals surface area contributed by atoms with Gasteiger partial charge in [0.1, 0.15) is 5.82 Å². The van der Waals surface area contributed by atoms with E-state index in [1.54, 1.807) is 28.9 Å². The summed E-state index contributed by atoms with van der Waals surface area (Å²) < 4.78 is 42.1. The molecule has 4 rings (SSSR count). The molecule has 1 saturated heterocycles. The Kier molecular flexibility index (Phi) is 4.48. The minimum Gasteiger partial charge on any atom is -0.332 e. The normalized spacial score (nSPS) is 21.9. The fraction of sp³-hybridized carbons (Fsp3) is 0.389. The van der Waals surface area contributed by atoms with Gasteiger partial charge < -0.3 is 15.5 Å². The maximum Gasteiger partial charge on any atom is 0.319 e. The summed E-state index contributed by atoms with van der Waals surface area (Å²) in [7, 11) is 1.74. The highest BCUT2D eigenvalue weighted by atomic mass is 19.2. The van der Waals surface area contributed by atoms with E-state index in [0.29, 0.717) is 12.1 Å². The zero-order valence-corrected chi connectivity index (χ0v) is 15.0. The topological polar surface area (TPSA) is 79.3 Å². The third kappa shape index (κ3) is 3.30. The molecular weight excluding hydrogens is 375 g/mol. The first-order chi connectivity index (χ1) is 13.3. The summed E-state index contributed by atoms with van der Waals surface area (Å²) in [6.45, 7) is 0. The van der Waals surface area contributed by atoms with E-state index in [4.69, 9.17) is 0 Å². The van der Waals surface area contributed by atoms with Gasteiger partial charge in [0.05, 0.1) is 23.5 Å². The zero-order valence-electron chi connectivity index (χ0n) is 15.0. The number of hydrogen-bond acceptors (Lipinski definition) is 3. The number of anilines is 1. The van der Waals surface area contributed by atoms with E-state index in [9.17, 15) is 22.8 Å². The summed E-state index contributed by atoms with van der Waals surface area (Å²) in [5.41, 5.74) is 0.140. The van der Waals surface area contributed by atoms with Gasteiger partial charge in [-0.3, -0.25) is 9.48 Å². The molecule has 2 heterocycles. The van der Waals surface area contributed by atoms with Gasteiger partial charge in [0.25, 0.3) is 0 Å². The first-order valence-electron chi connectivity index (χ1n) is 8.86. The van der Waals surface area contributed by atoms with Crippen molar-refractivity contribution in [1.82, 2.24) is 20.0 Å². The number of aryl methyl sites for hydroxylation is 1. The van der Waals surface area contributed by atoms with Crippen LogP contribution >= 0.6 is 0 Å². The molecule has 1 saturated carbocycles. The van der Waals surface area contributed by atoms with Gasteiger partial charge >= 0.3 is 6.03 Å². The molecule has 0 spiro atoms. The number of likely N-dealkylation sites (tertiary alicyclic amines) is 1. The van der Waals surface area contributed by atoms with E-state index in [-0.39, 0.29) is 18.4 Å². The molecule has 1 aliphatic heterocycles. The largest absolute Gasteiger partial charge is 0.332 e. The highest BCUT2D eigenvalue weighted by Crippen LogP contribution is 2.41. The summed E-state index contributed by atoms with van der Waals surface area (Å²) in [4.78, 5) is 26.6. The third-order valence-corrected chi connectivity index (χ3v) is 5.02. The van der Waals surface area contributed by atoms with Crippen LogP contribution in [0.15, 0.2) is 24.4 Å². The molecular formula is C18H18F3N5O2. The van der Waals surface area contributed by atoms with Crippen LogP contribution in [0.25, 0.3) is 0 Å². The first-order valence-corrected chi connectivity index (χ1v) is 8.86. The Bertz CT molecular complexity index is 943. The monoisotopic (exact) mass is 393 g/mol. The third-order valence-electron chi connectivity index (χ3n) is 5.02. The molecule has 2 N–H and O–H groups in total. The highest BCUT2D eigenvalue weighted by molar-refractivity contribution is 5.91. The van der Waals surface area contributed by atoms with Crippen LogP contribution in [0.1, 0.15) is 31.0 Å². The Balaban J connectivity index is 1.55. The predicted octanol–water partition coefficient (Wildman–Crippen LogP) is 2.46. The van der Waals surface area contributed by atoms with E-state index in [0.717, 1.165) is 18.5 Å². The summed E-state index contributed by atoms with van der Waals surface area (Å²) in [6, 6.07) is 1.10. The highest BCUT2D eigenvalue weighted by Gasteiger charge is 2.48. The summed E-state index contributed by atoms with van der Waals surface area (Å²) in [5.74, 6) is -3.87. The van der Waals surface area contributed by atoms with Gasteiger partial charge in [-0.2, -0.15) is 5.10 Å². The lowest BCUT2D eigenvalue weighted by Crippen LogP contribution is -2.43. The maximum absolute atomic E-state index is 13.8. The van der Waals surface area contributed by atoms with Gasteiger partial charge in [0.2, 0.25) is 5.91 Å². The Morgan fingerprint density at radius 2 is 2.00 bits per heavy atom. The lowest BCUT2D eigenvalue weighted by Gasteiger charge is -2.28. The van der Waals surface area contributed by atoms with Crippen LogP contribution < -0.4 is 10.6 Å². The van der Waals surface area contributed by atoms with Crippen molar-refractivity contribution >= 4 is 17.6 Å². The molecule has 0 radical (unpaired) electrons. The van der Waals surface area contributed by atoms with Gasteiger partial charge in [-0.05, 0) is 18.9 Å². The summed E-state index contributed by atoms with van der Waals surface area (Å²) in [6.07, 6.45) is 3.46. The number of halogens is 3. The van der Waals surface area contributed by atoms with Crippen molar-refractivity contribution in [2.45, 2.75) is 37.4 Å². The molecule has 1 aromatic heterocycles. The van der Waals surface area contributed by atoms with Crippen LogP contribution in [0.5, 0.6) is 0 Å². The number of nitrogens with zero attached hydrogens (tertiary/aromatic N) is 3. The Morgan fingerprint density at radius 3 is 2.64 bits per heavy atom. The van der Waals surface area contributed by atoms with Crippen molar-refractivity contribution < 1.29 is 22.8 Å². The number of hydrogen-bond donors (Lipinski definition) is 2. The van der Waals surface area contributed by atoms with Crippen molar-refractivity contribution in [2.24, 2.45) is 7.05 Å². The van der Waals surface area contributed by atoms with Crippen LogP contribution in [0.2, 0.25) is 0 Å². The molecule has 0 bridgehead atoms. The second kappa shape index (κ2) is 6.84. The van der Waals surface area contributed by atoms with Crippen molar-refractivity contribution in [2.75, 3.05) is 5.32 Å². The number of urea groups is 1. The standard InChI is InChI=1S/C18H18F3N5O2/c1-25-14(4-5-22-25)17-13(8-15(27)26(17)10-2-3-10)24-18(28)23-12-7-9(19)6-11(20)16(12)21/h4-7,10,13,17H,2-3,8H2,1H3,(H2,23,24,28)/t13-,17-/m1/s1. The first kappa shape index (κ1) is 18.3. The molecule has 10 heteroatoms. The summed E-state index contributed by atoms with van der Waals surface area (Å²) in [5, 5.41) is 8.88. The quantitative estimate of drug-likeness (QED) is 0.784. The lowest BCUT2D eigenvalue weighted by atomic mass is 10.1. The number of rotatable bonds is 4. The Labute approximate surface area is 158 Å². The minimum absolute atomic E-state index is 0.0692. The van der Waals surface area contributed by atoms with Gasteiger partial charge in [0, 0.05) is 37.8 Å². The Hall–Kier alpha value is -3.04. The number of nitrogens with one attached hydrogen (secondary N) is 2. The molecule has 2 aromatic rings. The number of benzene rings is 1. The van der Waals surface area contributed by atoms with E-state index in [1.807, 2.05) is 0 Å². The van der Waals surface area contributed by atoms with Crippen LogP contribution in [-0.4, -0.2) is 38.7 Å². The molecule has 2 atom stereocenters. The fourth-order valence-electron chi connectivity index (χ4n) is 3.66. The smallest absolute Gasteiger partial charge is 0.319 e. The second-order valence-corrected chi connectivity index (χ2v) is 7.01. The average Bonchev–Trinajstić information content (AvgIpc) is 3.29. The van der Waals surface area contributed by atoms with Crippen molar-refractivity contribution in [3.63, 3.8) is 0 Å². The van der Waals surface area contributed by atoms with Gasteiger partial charge in [-0.1, -0.05) is 0 Å². The number of carbonyl (C=O) groups excluding carboxylic acids is 2. The number of amides is 3. The SMILES string of the molecule is Cn1nccc1[C@H]1[C@H](NC(=O)Nc2cc(F)cc(F)c2F)CC(=O)N1C1CC1. The average molecular weight is 393 g/mol. The molecule has 148 valence electrons. The molecule has 2 fully saturated rings. The van der Waals surface area contributed by atoms with Crippen molar-refractivity contribution in [3.05, 3.63) is 47.5 Å². The molecule has 0 unspecified atom stereocenters. The van der Waals surface area contributed by atoms with Gasteiger partial charge in [0.15, 0.2) is 11.6 Å². The van der Waals surface area contributed by atoms with Crippen LogP contribution in [-0.2, 0) is 11.8 Å². The van der Waals surface area contributed by atoms with Crippen LogP contribution in [0, 0.1) is 17.5 Å². The molecule has 7 nitrogen and oxygen atoms in total. The number of carbonyl (C=O) groups is 2. The van der Waals surface area contributed by atoms with Gasteiger partial charge in [-0.15, -0.1) is 0 Å². The van der Waals surface area contributed by atoms with Crippen LogP contribution in [0.3, 0.4) is 0 Å². The van der Waals surface area contributed by atoms with E-state index < -0.39 is 41.3 Å². The van der Waals surface area contributed by atoms with E-state index in [1.165, 1.54) is 0 Å². The van der Waals surface area contributed by atoms with Gasteiger partial charge in [-0.25, -0.2) is 18.0 Å². The zero-order chi connectivity index (χ0) is 20.0. The van der Waals surface area contributed by atoms with E-state index in [2.05, 4.69) is 15.7 Å². The molecule has 2 aliphatic rings. The lowest BCUT2D eigenvalue weighted by molar-refractivity contribution is -0.129. The van der Waals surface area contributed by atoms with Crippen LogP contribution in [0.4, 0.5) is 23.7 Å². The number of aromatic nitrogens is 2. The van der Waals surface area contributed by atoms with E-state index >= 15 is 0 Å². The predicted molar refractivity (Wildman–Crippen MR) is 92.7 cm³/mol. The fourth-order valence-corrected chi connectivity index (χ4v) is 3.66. The van der Waals surface area contributed by atoms with Crippen molar-refractivity contribution in [1.29, 1.82) is 0 Å². The Morgan fingerprint density at radius 1 is 1.25 bits per heavy atom. The molecule has 28 heavy (non-hydrogen) atoms. The second-order valence-electron chi connectivity index (χ2n) is 7.01. The summed E-state index contributed by atoms with van der Waals surface area (Å²) >= 11 is 0. The maximum atomic E-state index is 13.8. The van der Waals surface area contributed by atoms with Crippen molar-refractivity contribution in [3.8, 4) is 0 Å². The molecule has 1 aliphatic carbocycles. The minimum atomic E-state index is -1.40. The molecule has 3 amide bonds. The molecule has 1 aromatic carbocycles.